The summed E-state index contributed by atoms with van der Waals surface area (Å²) in [6.45, 7) is 26.1. The third-order valence-electron chi connectivity index (χ3n) is 8.20. The van der Waals surface area contributed by atoms with E-state index in [9.17, 15) is 4.79 Å². The summed E-state index contributed by atoms with van der Waals surface area (Å²) in [4.78, 5) is 13.5. The lowest BCUT2D eigenvalue weighted by Gasteiger charge is -2.07. The number of aryl methyl sites for hydroxylation is 2. The Morgan fingerprint density at radius 2 is 0.930 bits per heavy atom. The minimum Gasteiger partial charge on any atom is -0.508 e. The van der Waals surface area contributed by atoms with Crippen molar-refractivity contribution in [3.8, 4) is 11.5 Å². The van der Waals surface area contributed by atoms with Gasteiger partial charge in [0.25, 0.3) is 0 Å². The number of phenolic OH excluding ortho intramolecular Hbond substituents is 1. The van der Waals surface area contributed by atoms with E-state index >= 15 is 0 Å². The van der Waals surface area contributed by atoms with Crippen molar-refractivity contribution in [2.75, 3.05) is 6.61 Å². The molecule has 57 heavy (non-hydrogen) atoms. The van der Waals surface area contributed by atoms with Crippen LogP contribution >= 0.6 is 0 Å². The summed E-state index contributed by atoms with van der Waals surface area (Å²) in [6.07, 6.45) is 7.53. The van der Waals surface area contributed by atoms with Gasteiger partial charge in [-0.05, 0) is 134 Å². The summed E-state index contributed by atoms with van der Waals surface area (Å²) in [5.74, 6) is 3.54. The summed E-state index contributed by atoms with van der Waals surface area (Å²) in [5, 5.41) is 17.6. The second kappa shape index (κ2) is 28.6. The van der Waals surface area contributed by atoms with Gasteiger partial charge in [-0.15, -0.1) is 0 Å². The number of benzene rings is 4. The van der Waals surface area contributed by atoms with Crippen LogP contribution < -0.4 is 4.74 Å². The highest BCUT2D eigenvalue weighted by molar-refractivity contribution is 5.68. The number of phenols is 1. The Balaban J connectivity index is 0.000000360. The van der Waals surface area contributed by atoms with Gasteiger partial charge < -0.3 is 19.9 Å². The SMILES string of the molecule is CC(C)Cc1ccc[nH]1.CC(C)Cc1cccc(O)c1.CC(C)Cc1cccc(OCC(=O)O)c1.Cc1cccc(CC(C)C)c1.Cc1cccc(CC(C)C)c1. The van der Waals surface area contributed by atoms with Crippen LogP contribution in [0.2, 0.25) is 0 Å². The van der Waals surface area contributed by atoms with E-state index in [1.165, 1.54) is 51.9 Å². The van der Waals surface area contributed by atoms with Gasteiger partial charge in [-0.3, -0.25) is 0 Å². The predicted octanol–water partition coefficient (Wildman–Crippen LogP) is 13.5. The van der Waals surface area contributed by atoms with Gasteiger partial charge in [0.15, 0.2) is 6.61 Å². The number of aliphatic carboxylic acids is 1. The van der Waals surface area contributed by atoms with Crippen LogP contribution in [0.1, 0.15) is 108 Å². The third-order valence-corrected chi connectivity index (χ3v) is 8.20. The number of hydrogen-bond donors (Lipinski definition) is 3. The second-order valence-corrected chi connectivity index (χ2v) is 17.2. The zero-order valence-electron chi connectivity index (χ0n) is 37.3. The molecule has 1 heterocycles. The first kappa shape index (κ1) is 50.2. The first-order valence-electron chi connectivity index (χ1n) is 20.9. The highest BCUT2D eigenvalue weighted by atomic mass is 16.5. The molecule has 0 unspecified atom stereocenters. The Labute approximate surface area is 347 Å². The molecule has 3 N–H and O–H groups in total. The van der Waals surface area contributed by atoms with Crippen molar-refractivity contribution < 1.29 is 19.7 Å². The molecule has 5 aromatic rings. The fraction of sp³-hybridized carbons (Fsp3) is 0.442. The quantitative estimate of drug-likeness (QED) is 0.111. The third kappa shape index (κ3) is 27.5. The average molecular weight is 778 g/mol. The highest BCUT2D eigenvalue weighted by Crippen LogP contribution is 2.17. The van der Waals surface area contributed by atoms with Gasteiger partial charge in [-0.2, -0.15) is 0 Å². The minimum absolute atomic E-state index is 0.287. The van der Waals surface area contributed by atoms with Gasteiger partial charge in [0.2, 0.25) is 0 Å². The van der Waals surface area contributed by atoms with Gasteiger partial charge in [-0.1, -0.05) is 153 Å². The fourth-order valence-electron chi connectivity index (χ4n) is 6.09. The number of hydrogen-bond acceptors (Lipinski definition) is 3. The van der Waals surface area contributed by atoms with Gasteiger partial charge in [-0.25, -0.2) is 4.79 Å². The van der Waals surface area contributed by atoms with Crippen LogP contribution in [-0.4, -0.2) is 27.8 Å². The molecular weight excluding hydrogens is 703 g/mol. The van der Waals surface area contributed by atoms with Crippen molar-refractivity contribution in [1.82, 2.24) is 4.98 Å². The normalized spacial score (nSPS) is 10.5. The number of aromatic nitrogens is 1. The van der Waals surface area contributed by atoms with Crippen LogP contribution in [0.4, 0.5) is 0 Å². The molecule has 0 radical (unpaired) electrons. The standard InChI is InChI=1S/C12H16O3.2C11H16.C10H14O.C8H13N/c1-9(2)6-10-4-3-5-11(7-10)15-8-12(13)14;2*1-9(2)7-11-6-4-5-10(3)8-11;1-8(2)6-9-4-3-5-10(11)7-9;1-7(2)6-8-4-3-5-9-8/h3-5,7,9H,6,8H2,1-2H3,(H,13,14);2*4-6,8-9H,7H2,1-3H3;3-5,7-8,11H,6H2,1-2H3;3-5,7,9H,6H2,1-2H3. The summed E-state index contributed by atoms with van der Waals surface area (Å²) < 4.78 is 5.09. The number of carboxylic acids is 1. The number of nitrogens with one attached hydrogen (secondary N) is 1. The largest absolute Gasteiger partial charge is 0.508 e. The lowest BCUT2D eigenvalue weighted by Crippen LogP contribution is -2.09. The number of aromatic amines is 1. The fourth-order valence-corrected chi connectivity index (χ4v) is 6.09. The summed E-state index contributed by atoms with van der Waals surface area (Å²) >= 11 is 0. The van der Waals surface area contributed by atoms with Crippen molar-refractivity contribution in [2.45, 2.75) is 115 Å². The van der Waals surface area contributed by atoms with Gasteiger partial charge >= 0.3 is 5.97 Å². The summed E-state index contributed by atoms with van der Waals surface area (Å²) in [6, 6.07) is 36.7. The van der Waals surface area contributed by atoms with E-state index in [0.29, 0.717) is 23.3 Å². The molecule has 5 rings (SSSR count). The van der Waals surface area contributed by atoms with E-state index in [0.717, 1.165) is 37.0 Å². The Bertz CT molecular complexity index is 1650. The molecule has 0 bridgehead atoms. The Morgan fingerprint density at radius 1 is 0.526 bits per heavy atom. The van der Waals surface area contributed by atoms with Crippen LogP contribution in [0.5, 0.6) is 11.5 Å². The number of ether oxygens (including phenoxy) is 1. The second-order valence-electron chi connectivity index (χ2n) is 17.2. The number of aromatic hydroxyl groups is 1. The number of rotatable bonds is 13. The van der Waals surface area contributed by atoms with E-state index < -0.39 is 5.97 Å². The molecule has 0 atom stereocenters. The topological polar surface area (TPSA) is 82.5 Å². The molecule has 0 aliphatic rings. The van der Waals surface area contributed by atoms with E-state index in [2.05, 4.69) is 143 Å². The van der Waals surface area contributed by atoms with Gasteiger partial charge in [0.1, 0.15) is 11.5 Å². The van der Waals surface area contributed by atoms with Crippen molar-refractivity contribution in [3.63, 3.8) is 0 Å². The molecule has 5 nitrogen and oxygen atoms in total. The average Bonchev–Trinajstić information content (AvgIpc) is 3.60. The zero-order valence-corrected chi connectivity index (χ0v) is 37.3. The molecule has 5 heteroatoms. The summed E-state index contributed by atoms with van der Waals surface area (Å²) in [7, 11) is 0. The molecule has 0 saturated heterocycles. The first-order chi connectivity index (χ1) is 26.9. The lowest BCUT2D eigenvalue weighted by molar-refractivity contribution is -0.139. The summed E-state index contributed by atoms with van der Waals surface area (Å²) in [5.41, 5.74) is 9.36. The van der Waals surface area contributed by atoms with Crippen LogP contribution in [0.25, 0.3) is 0 Å². The minimum atomic E-state index is -0.954. The predicted molar refractivity (Wildman–Crippen MR) is 244 cm³/mol. The Hall–Kier alpha value is -4.77. The zero-order chi connectivity index (χ0) is 42.8. The Morgan fingerprint density at radius 3 is 1.30 bits per heavy atom. The highest BCUT2D eigenvalue weighted by Gasteiger charge is 2.03. The van der Waals surface area contributed by atoms with Crippen LogP contribution in [0.15, 0.2) is 115 Å². The van der Waals surface area contributed by atoms with E-state index in [1.54, 1.807) is 12.1 Å². The molecule has 0 saturated carbocycles. The number of H-pyrrole nitrogens is 1. The maximum atomic E-state index is 10.3. The lowest BCUT2D eigenvalue weighted by atomic mass is 10.0. The monoisotopic (exact) mass is 778 g/mol. The van der Waals surface area contributed by atoms with Gasteiger partial charge in [0.05, 0.1) is 0 Å². The first-order valence-corrected chi connectivity index (χ1v) is 20.9. The van der Waals surface area contributed by atoms with Crippen molar-refractivity contribution in [1.29, 1.82) is 0 Å². The Kier molecular flexibility index (Phi) is 25.2. The molecule has 0 amide bonds. The molecule has 0 aliphatic carbocycles. The van der Waals surface area contributed by atoms with Crippen molar-refractivity contribution >= 4 is 5.97 Å². The molecule has 0 fully saturated rings. The molecule has 1 aromatic heterocycles. The molecule has 312 valence electrons. The molecule has 0 spiro atoms. The van der Waals surface area contributed by atoms with E-state index in [1.807, 2.05) is 48.7 Å². The maximum absolute atomic E-state index is 10.3. The number of carbonyl (C=O) groups is 1. The smallest absolute Gasteiger partial charge is 0.341 e. The van der Waals surface area contributed by atoms with E-state index in [4.69, 9.17) is 14.9 Å². The maximum Gasteiger partial charge on any atom is 0.341 e. The number of carboxylic acid groups (broad SMARTS) is 1. The molecular formula is C52H75NO4. The molecule has 0 aliphatic heterocycles. The van der Waals surface area contributed by atoms with Crippen LogP contribution in [0.3, 0.4) is 0 Å². The molecule has 4 aromatic carbocycles. The van der Waals surface area contributed by atoms with Gasteiger partial charge in [0, 0.05) is 11.9 Å². The van der Waals surface area contributed by atoms with Crippen LogP contribution in [-0.2, 0) is 36.9 Å². The van der Waals surface area contributed by atoms with E-state index in [-0.39, 0.29) is 6.61 Å². The van der Waals surface area contributed by atoms with Crippen molar-refractivity contribution in [3.05, 3.63) is 154 Å². The van der Waals surface area contributed by atoms with Crippen LogP contribution in [0, 0.1) is 43.4 Å². The van der Waals surface area contributed by atoms with Crippen molar-refractivity contribution in [2.24, 2.45) is 29.6 Å².